The number of fused-ring (bicyclic) bond motifs is 1. The predicted molar refractivity (Wildman–Crippen MR) is 77.8 cm³/mol. The van der Waals surface area contributed by atoms with Crippen LogP contribution in [-0.2, 0) is 4.79 Å². The Morgan fingerprint density at radius 2 is 2.11 bits per heavy atom. The second-order valence-electron chi connectivity index (χ2n) is 6.03. The number of carbonyl (C=O) groups excluding carboxylic acids is 1. The summed E-state index contributed by atoms with van der Waals surface area (Å²) in [4.78, 5) is 14.1. The molecule has 2 atom stereocenters. The van der Waals surface area contributed by atoms with Crippen molar-refractivity contribution in [3.8, 4) is 0 Å². The van der Waals surface area contributed by atoms with Crippen molar-refractivity contribution < 1.29 is 4.79 Å². The van der Waals surface area contributed by atoms with Gasteiger partial charge in [0, 0.05) is 11.2 Å². The van der Waals surface area contributed by atoms with Gasteiger partial charge >= 0.3 is 0 Å². The molecule has 0 fully saturated rings. The summed E-state index contributed by atoms with van der Waals surface area (Å²) in [5.41, 5.74) is 4.64. The lowest BCUT2D eigenvalue weighted by Crippen LogP contribution is -2.58. The summed E-state index contributed by atoms with van der Waals surface area (Å²) >= 11 is 0. The maximum atomic E-state index is 11.9. The van der Waals surface area contributed by atoms with Crippen LogP contribution < -0.4 is 16.2 Å². The minimum atomic E-state index is -0.284. The van der Waals surface area contributed by atoms with Gasteiger partial charge in [0.15, 0.2) is 0 Å². The lowest BCUT2D eigenvalue weighted by Gasteiger charge is -2.49. The van der Waals surface area contributed by atoms with Gasteiger partial charge < -0.3 is 4.90 Å². The SMILES string of the molecule is C[C@@H]1CC(C)(C)N([C@H](C)C(=O)NN)c2ccccc21. The van der Waals surface area contributed by atoms with Crippen LogP contribution >= 0.6 is 0 Å². The van der Waals surface area contributed by atoms with Crippen LogP contribution in [0.4, 0.5) is 5.69 Å². The number of hydrazine groups is 1. The summed E-state index contributed by atoms with van der Waals surface area (Å²) in [6.07, 6.45) is 1.02. The second kappa shape index (κ2) is 4.85. The van der Waals surface area contributed by atoms with Crippen LogP contribution in [0.1, 0.15) is 45.6 Å². The normalized spacial score (nSPS) is 22.6. The third-order valence-corrected chi connectivity index (χ3v) is 4.09. The third kappa shape index (κ3) is 2.32. The van der Waals surface area contributed by atoms with E-state index in [1.165, 1.54) is 5.56 Å². The van der Waals surface area contributed by atoms with Gasteiger partial charge in [-0.3, -0.25) is 10.2 Å². The van der Waals surface area contributed by atoms with Crippen molar-refractivity contribution in [2.24, 2.45) is 5.84 Å². The Bertz CT molecular complexity index is 484. The molecule has 19 heavy (non-hydrogen) atoms. The van der Waals surface area contributed by atoms with E-state index in [0.29, 0.717) is 5.92 Å². The largest absolute Gasteiger partial charge is 0.354 e. The fourth-order valence-corrected chi connectivity index (χ4v) is 3.38. The van der Waals surface area contributed by atoms with Crippen LogP contribution in [0.3, 0.4) is 0 Å². The van der Waals surface area contributed by atoms with Crippen LogP contribution in [0.2, 0.25) is 0 Å². The predicted octanol–water partition coefficient (Wildman–Crippen LogP) is 2.16. The maximum Gasteiger partial charge on any atom is 0.256 e. The molecule has 1 heterocycles. The molecule has 1 amide bonds. The number of hydrogen-bond donors (Lipinski definition) is 2. The second-order valence-corrected chi connectivity index (χ2v) is 6.03. The van der Waals surface area contributed by atoms with Crippen molar-refractivity contribution in [1.82, 2.24) is 5.43 Å². The highest BCUT2D eigenvalue weighted by Crippen LogP contribution is 2.44. The van der Waals surface area contributed by atoms with Crippen LogP contribution in [0, 0.1) is 0 Å². The van der Waals surface area contributed by atoms with E-state index in [9.17, 15) is 4.79 Å². The van der Waals surface area contributed by atoms with Crippen LogP contribution in [0.5, 0.6) is 0 Å². The van der Waals surface area contributed by atoms with E-state index in [1.807, 2.05) is 13.0 Å². The molecule has 1 aliphatic heterocycles. The quantitative estimate of drug-likeness (QED) is 0.487. The summed E-state index contributed by atoms with van der Waals surface area (Å²) < 4.78 is 0. The number of hydrogen-bond acceptors (Lipinski definition) is 3. The van der Waals surface area contributed by atoms with E-state index in [-0.39, 0.29) is 17.5 Å². The molecule has 0 spiro atoms. The first-order valence-electron chi connectivity index (χ1n) is 6.77. The fourth-order valence-electron chi connectivity index (χ4n) is 3.38. The molecule has 0 bridgehead atoms. The number of rotatable bonds is 2. The number of carbonyl (C=O) groups is 1. The number of nitrogens with one attached hydrogen (secondary N) is 1. The first-order valence-corrected chi connectivity index (χ1v) is 6.77. The summed E-state index contributed by atoms with van der Waals surface area (Å²) in [5.74, 6) is 5.63. The molecule has 0 aliphatic carbocycles. The van der Waals surface area contributed by atoms with Crippen molar-refractivity contribution in [2.75, 3.05) is 4.90 Å². The number of amides is 1. The zero-order valence-electron chi connectivity index (χ0n) is 12.1. The van der Waals surface area contributed by atoms with E-state index >= 15 is 0 Å². The lowest BCUT2D eigenvalue weighted by molar-refractivity contribution is -0.122. The molecule has 1 aliphatic rings. The third-order valence-electron chi connectivity index (χ3n) is 4.09. The number of para-hydroxylation sites is 1. The molecule has 0 aromatic heterocycles. The Morgan fingerprint density at radius 3 is 2.74 bits per heavy atom. The van der Waals surface area contributed by atoms with Gasteiger partial charge in [0.1, 0.15) is 6.04 Å². The Labute approximate surface area is 114 Å². The van der Waals surface area contributed by atoms with Gasteiger partial charge in [-0.2, -0.15) is 0 Å². The molecule has 1 aromatic rings. The highest BCUT2D eigenvalue weighted by atomic mass is 16.2. The molecule has 2 rings (SSSR count). The minimum Gasteiger partial charge on any atom is -0.354 e. The van der Waals surface area contributed by atoms with Gasteiger partial charge in [-0.1, -0.05) is 25.1 Å². The number of nitrogens with zero attached hydrogens (tertiary/aromatic N) is 1. The molecular formula is C15H23N3O. The van der Waals surface area contributed by atoms with Gasteiger partial charge in [0.25, 0.3) is 5.91 Å². The van der Waals surface area contributed by atoms with Gasteiger partial charge in [-0.25, -0.2) is 5.84 Å². The van der Waals surface area contributed by atoms with Crippen molar-refractivity contribution >= 4 is 11.6 Å². The average molecular weight is 261 g/mol. The smallest absolute Gasteiger partial charge is 0.256 e. The molecule has 0 unspecified atom stereocenters. The standard InChI is InChI=1S/C15H23N3O/c1-10-9-15(3,4)18(11(2)14(19)17-16)13-8-6-5-7-12(10)13/h5-8,10-11H,9,16H2,1-4H3,(H,17,19)/t10-,11-/m1/s1. The van der Waals surface area contributed by atoms with Crippen molar-refractivity contribution in [1.29, 1.82) is 0 Å². The monoisotopic (exact) mass is 261 g/mol. The zero-order valence-corrected chi connectivity index (χ0v) is 12.1. The maximum absolute atomic E-state index is 11.9. The molecule has 4 heteroatoms. The van der Waals surface area contributed by atoms with Gasteiger partial charge in [0.05, 0.1) is 0 Å². The highest BCUT2D eigenvalue weighted by molar-refractivity contribution is 5.85. The van der Waals surface area contributed by atoms with Crippen molar-refractivity contribution in [2.45, 2.75) is 51.6 Å². The van der Waals surface area contributed by atoms with Crippen LogP contribution in [0.25, 0.3) is 0 Å². The first kappa shape index (κ1) is 13.9. The Morgan fingerprint density at radius 1 is 1.47 bits per heavy atom. The van der Waals surface area contributed by atoms with Crippen molar-refractivity contribution in [3.63, 3.8) is 0 Å². The minimum absolute atomic E-state index is 0.0697. The molecule has 0 saturated carbocycles. The Kier molecular flexibility index (Phi) is 3.54. The van der Waals surface area contributed by atoms with E-state index in [1.54, 1.807) is 0 Å². The molecular weight excluding hydrogens is 238 g/mol. The summed E-state index contributed by atoms with van der Waals surface area (Å²) in [5, 5.41) is 0. The zero-order chi connectivity index (χ0) is 14.2. The van der Waals surface area contributed by atoms with E-state index in [0.717, 1.165) is 12.1 Å². The highest BCUT2D eigenvalue weighted by Gasteiger charge is 2.40. The first-order chi connectivity index (χ1) is 8.88. The molecule has 104 valence electrons. The number of benzene rings is 1. The van der Waals surface area contributed by atoms with Crippen LogP contribution in [-0.4, -0.2) is 17.5 Å². The summed E-state index contributed by atoms with van der Waals surface area (Å²) in [6, 6.07) is 8.03. The Hall–Kier alpha value is -1.55. The van der Waals surface area contributed by atoms with Gasteiger partial charge in [0.2, 0.25) is 0 Å². The molecule has 0 saturated heterocycles. The molecule has 3 N–H and O–H groups in total. The Balaban J connectivity index is 2.50. The fraction of sp³-hybridized carbons (Fsp3) is 0.533. The lowest BCUT2D eigenvalue weighted by atomic mass is 9.79. The number of anilines is 1. The number of nitrogens with two attached hydrogens (primary N) is 1. The molecule has 1 aromatic carbocycles. The van der Waals surface area contributed by atoms with E-state index in [2.05, 4.69) is 49.3 Å². The topological polar surface area (TPSA) is 58.4 Å². The summed E-state index contributed by atoms with van der Waals surface area (Å²) in [6.45, 7) is 8.50. The van der Waals surface area contributed by atoms with Gasteiger partial charge in [-0.15, -0.1) is 0 Å². The van der Waals surface area contributed by atoms with Gasteiger partial charge in [-0.05, 0) is 44.7 Å². The van der Waals surface area contributed by atoms with Crippen LogP contribution in [0.15, 0.2) is 24.3 Å². The van der Waals surface area contributed by atoms with E-state index in [4.69, 9.17) is 5.84 Å². The molecule has 0 radical (unpaired) electrons. The van der Waals surface area contributed by atoms with E-state index < -0.39 is 0 Å². The summed E-state index contributed by atoms with van der Waals surface area (Å²) in [7, 11) is 0. The molecule has 4 nitrogen and oxygen atoms in total. The average Bonchev–Trinajstić information content (AvgIpc) is 2.36. The van der Waals surface area contributed by atoms with Crippen molar-refractivity contribution in [3.05, 3.63) is 29.8 Å².